The monoisotopic (exact) mass is 836 g/mol. The molecule has 0 N–H and O–H groups in total. The molecule has 0 aliphatic carbocycles. The van der Waals surface area contributed by atoms with E-state index in [0.717, 1.165) is 82.9 Å². The van der Waals surface area contributed by atoms with Gasteiger partial charge in [-0.3, -0.25) is 0 Å². The highest BCUT2D eigenvalue weighted by Crippen LogP contribution is 2.42. The van der Waals surface area contributed by atoms with Gasteiger partial charge in [-0.15, -0.1) is 11.3 Å². The molecule has 0 amide bonds. The molecule has 5 aromatic heterocycles. The number of para-hydroxylation sites is 4. The highest BCUT2D eigenvalue weighted by atomic mass is 32.1. The number of nitrogens with zero attached hydrogens (tertiary/aromatic N) is 4. The first-order valence-corrected chi connectivity index (χ1v) is 22.1. The molecular weight excluding hydrogens is 805 g/mol. The van der Waals surface area contributed by atoms with Crippen molar-refractivity contribution >= 4 is 97.2 Å². The Morgan fingerprint density at radius 2 is 0.938 bits per heavy atom. The van der Waals surface area contributed by atoms with Gasteiger partial charge >= 0.3 is 0 Å². The van der Waals surface area contributed by atoms with Crippen molar-refractivity contribution in [2.75, 3.05) is 0 Å². The lowest BCUT2D eigenvalue weighted by Gasteiger charge is -2.09. The summed E-state index contributed by atoms with van der Waals surface area (Å²) in [6.07, 6.45) is 0. The number of thiophene rings is 1. The van der Waals surface area contributed by atoms with Gasteiger partial charge in [0.2, 0.25) is 0 Å². The van der Waals surface area contributed by atoms with E-state index in [0.29, 0.717) is 17.5 Å². The van der Waals surface area contributed by atoms with Gasteiger partial charge in [0.1, 0.15) is 22.3 Å². The molecule has 0 spiro atoms. The summed E-state index contributed by atoms with van der Waals surface area (Å²) in [6, 6.07) is 68.0. The van der Waals surface area contributed by atoms with Gasteiger partial charge in [0.25, 0.3) is 0 Å². The van der Waals surface area contributed by atoms with Gasteiger partial charge in [-0.1, -0.05) is 121 Å². The largest absolute Gasteiger partial charge is 0.456 e. The lowest BCUT2D eigenvalue weighted by Crippen LogP contribution is -2.00. The maximum atomic E-state index is 6.76. The summed E-state index contributed by atoms with van der Waals surface area (Å²) in [7, 11) is 0. The second-order valence-electron chi connectivity index (χ2n) is 16.3. The molecule has 0 unspecified atom stereocenters. The van der Waals surface area contributed by atoms with Gasteiger partial charge in [0.05, 0.1) is 16.6 Å². The molecular formula is C57H32N4O2S. The van der Waals surface area contributed by atoms with Gasteiger partial charge in [-0.05, 0) is 83.9 Å². The molecule has 6 nitrogen and oxygen atoms in total. The Morgan fingerprint density at radius 3 is 1.78 bits per heavy atom. The van der Waals surface area contributed by atoms with Crippen LogP contribution in [0.15, 0.2) is 203 Å². The second kappa shape index (κ2) is 13.6. The number of fused-ring (bicyclic) bond motifs is 12. The number of rotatable bonds is 5. The molecule has 0 aliphatic heterocycles. The second-order valence-corrected chi connectivity index (χ2v) is 17.4. The van der Waals surface area contributed by atoms with Crippen LogP contribution in [0.1, 0.15) is 0 Å². The van der Waals surface area contributed by atoms with Crippen molar-refractivity contribution in [2.45, 2.75) is 0 Å². The first-order chi connectivity index (χ1) is 31.7. The highest BCUT2D eigenvalue weighted by Gasteiger charge is 2.21. The van der Waals surface area contributed by atoms with Crippen molar-refractivity contribution in [2.24, 2.45) is 0 Å². The average molecular weight is 837 g/mol. The van der Waals surface area contributed by atoms with Crippen molar-refractivity contribution in [1.82, 2.24) is 19.5 Å². The molecule has 14 rings (SSSR count). The SMILES string of the molecule is c1ccc(-n2c3ccccc3c3c(-c4ccc5c(c4)oc4cc(-c6nc(-c7ccc8c(c7)sc7ccccc78)nc(-c7cccc8c7oc7ccccc78)n6)ccc45)cccc32)cc1. The predicted octanol–water partition coefficient (Wildman–Crippen LogP) is 15.8. The molecule has 0 saturated carbocycles. The third kappa shape index (κ3) is 5.28. The first kappa shape index (κ1) is 35.2. The van der Waals surface area contributed by atoms with Crippen LogP contribution >= 0.6 is 11.3 Å². The highest BCUT2D eigenvalue weighted by molar-refractivity contribution is 7.25. The van der Waals surface area contributed by atoms with Crippen LogP contribution < -0.4 is 0 Å². The summed E-state index contributed by atoms with van der Waals surface area (Å²) < 4.78 is 18.1. The van der Waals surface area contributed by atoms with E-state index in [1.807, 2.05) is 30.3 Å². The average Bonchev–Trinajstić information content (AvgIpc) is 4.12. The van der Waals surface area contributed by atoms with E-state index in [1.165, 1.54) is 36.5 Å². The normalized spacial score (nSPS) is 12.1. The van der Waals surface area contributed by atoms with Crippen LogP contribution in [0, 0.1) is 0 Å². The van der Waals surface area contributed by atoms with E-state index >= 15 is 0 Å². The van der Waals surface area contributed by atoms with Gasteiger partial charge in [0, 0.05) is 69.3 Å². The zero-order chi connectivity index (χ0) is 41.9. The predicted molar refractivity (Wildman–Crippen MR) is 263 cm³/mol. The van der Waals surface area contributed by atoms with E-state index in [4.69, 9.17) is 23.8 Å². The van der Waals surface area contributed by atoms with Crippen LogP contribution in [0.4, 0.5) is 0 Å². The molecule has 64 heavy (non-hydrogen) atoms. The fourth-order valence-corrected chi connectivity index (χ4v) is 10.9. The molecule has 0 saturated heterocycles. The smallest absolute Gasteiger partial charge is 0.167 e. The number of furan rings is 2. The molecule has 0 fully saturated rings. The third-order valence-corrected chi connectivity index (χ3v) is 13.8. The molecule has 0 bridgehead atoms. The van der Waals surface area contributed by atoms with E-state index < -0.39 is 0 Å². The van der Waals surface area contributed by atoms with Crippen LogP contribution in [0.3, 0.4) is 0 Å². The minimum Gasteiger partial charge on any atom is -0.456 e. The quantitative estimate of drug-likeness (QED) is 0.173. The van der Waals surface area contributed by atoms with E-state index in [2.05, 4.69) is 168 Å². The zero-order valence-corrected chi connectivity index (χ0v) is 34.8. The first-order valence-electron chi connectivity index (χ1n) is 21.3. The molecule has 0 atom stereocenters. The molecule has 5 heterocycles. The molecule has 0 radical (unpaired) electrons. The Balaban J connectivity index is 0.926. The summed E-state index contributed by atoms with van der Waals surface area (Å²) in [5.74, 6) is 1.68. The van der Waals surface area contributed by atoms with Gasteiger partial charge in [-0.25, -0.2) is 15.0 Å². The van der Waals surface area contributed by atoms with Gasteiger partial charge in [-0.2, -0.15) is 0 Å². The third-order valence-electron chi connectivity index (χ3n) is 12.7. The van der Waals surface area contributed by atoms with Crippen LogP contribution in [-0.4, -0.2) is 19.5 Å². The maximum Gasteiger partial charge on any atom is 0.167 e. The number of benzene rings is 9. The lowest BCUT2D eigenvalue weighted by atomic mass is 9.98. The summed E-state index contributed by atoms with van der Waals surface area (Å²) >= 11 is 1.78. The number of hydrogen-bond acceptors (Lipinski definition) is 6. The Morgan fingerprint density at radius 1 is 0.359 bits per heavy atom. The van der Waals surface area contributed by atoms with Crippen molar-refractivity contribution in [1.29, 1.82) is 0 Å². The molecule has 9 aromatic carbocycles. The minimum atomic E-state index is 0.540. The summed E-state index contributed by atoms with van der Waals surface area (Å²) in [6.45, 7) is 0. The standard InChI is InChI=1S/C57H32N4O2S/c1-2-12-36(13-3-1)61-46-20-7-4-16-44(46)53-37(17-11-21-47(53)61)33-24-27-39-40-28-25-34(31-50(40)62-49(39)30-33)55-58-56(35-26-29-42-41-15-6-9-23-51(41)64-52(42)32-35)60-57(59-55)45-19-10-18-43-38-14-5-8-22-48(38)63-54(43)45/h1-32H. The van der Waals surface area contributed by atoms with Crippen molar-refractivity contribution < 1.29 is 8.83 Å². The fourth-order valence-electron chi connectivity index (χ4n) is 9.74. The topological polar surface area (TPSA) is 69.9 Å². The fraction of sp³-hybridized carbons (Fsp3) is 0. The van der Waals surface area contributed by atoms with E-state index in [-0.39, 0.29) is 0 Å². The lowest BCUT2D eigenvalue weighted by molar-refractivity contribution is 0.668. The summed E-state index contributed by atoms with van der Waals surface area (Å²) in [5, 5.41) is 9.05. The molecule has 14 aromatic rings. The van der Waals surface area contributed by atoms with E-state index in [9.17, 15) is 0 Å². The molecule has 0 aliphatic rings. The number of aromatic nitrogens is 4. The van der Waals surface area contributed by atoms with Gasteiger partial charge in [0.15, 0.2) is 17.5 Å². The Bertz CT molecular complexity index is 4210. The van der Waals surface area contributed by atoms with Crippen molar-refractivity contribution in [3.63, 3.8) is 0 Å². The van der Waals surface area contributed by atoms with Crippen molar-refractivity contribution in [3.8, 4) is 51.0 Å². The maximum absolute atomic E-state index is 6.76. The van der Waals surface area contributed by atoms with Crippen LogP contribution in [-0.2, 0) is 0 Å². The van der Waals surface area contributed by atoms with E-state index in [1.54, 1.807) is 11.3 Å². The number of hydrogen-bond donors (Lipinski definition) is 0. The van der Waals surface area contributed by atoms with Crippen LogP contribution in [0.2, 0.25) is 0 Å². The Hall–Kier alpha value is -8.39. The molecule has 298 valence electrons. The summed E-state index contributed by atoms with van der Waals surface area (Å²) in [4.78, 5) is 15.5. The minimum absolute atomic E-state index is 0.540. The van der Waals surface area contributed by atoms with Crippen LogP contribution in [0.5, 0.6) is 0 Å². The van der Waals surface area contributed by atoms with Gasteiger partial charge < -0.3 is 13.4 Å². The zero-order valence-electron chi connectivity index (χ0n) is 34.0. The molecule has 7 heteroatoms. The summed E-state index contributed by atoms with van der Waals surface area (Å²) in [5.41, 5.74) is 11.4. The van der Waals surface area contributed by atoms with Crippen molar-refractivity contribution in [3.05, 3.63) is 194 Å². The Labute approximate surface area is 368 Å². The Kier molecular flexibility index (Phi) is 7.46. The van der Waals surface area contributed by atoms with Crippen LogP contribution in [0.25, 0.3) is 137 Å².